The highest BCUT2D eigenvalue weighted by molar-refractivity contribution is 8.01. The van der Waals surface area contributed by atoms with Crippen molar-refractivity contribution < 1.29 is 39.1 Å². The van der Waals surface area contributed by atoms with Gasteiger partial charge in [0.1, 0.15) is 33.6 Å². The smallest absolute Gasteiger partial charge is 0.445 e. The minimum atomic E-state index is -6.30. The first-order chi connectivity index (χ1) is 21.8. The lowest BCUT2D eigenvalue weighted by Crippen LogP contribution is -2.41. The van der Waals surface area contributed by atoms with Crippen LogP contribution in [0.3, 0.4) is 0 Å². The molecule has 0 amide bonds. The molecule has 46 heavy (non-hydrogen) atoms. The van der Waals surface area contributed by atoms with Crippen molar-refractivity contribution in [3.63, 3.8) is 0 Å². The Morgan fingerprint density at radius 3 is 1.35 bits per heavy atom. The van der Waals surface area contributed by atoms with E-state index in [4.69, 9.17) is 0 Å². The van der Waals surface area contributed by atoms with Gasteiger partial charge in [-0.15, -0.1) is 0 Å². The van der Waals surface area contributed by atoms with Crippen LogP contribution in [0.4, 0.5) is 40.6 Å². The molecule has 0 radical (unpaired) electrons. The molecule has 0 heterocycles. The second-order valence-corrected chi connectivity index (χ2v) is 13.3. The molecule has 1 unspecified atom stereocenters. The number of hydrogen-bond donors (Lipinski definition) is 0. The molecular formula is C34H28BF8NOS. The first-order valence-corrected chi connectivity index (χ1v) is 16.1. The van der Waals surface area contributed by atoms with Gasteiger partial charge in [0.05, 0.1) is 0 Å². The normalized spacial score (nSPS) is 12.5. The van der Waals surface area contributed by atoms with E-state index in [1.807, 2.05) is 36.6 Å². The van der Waals surface area contributed by atoms with Crippen LogP contribution in [-0.2, 0) is 33.0 Å². The molecule has 0 aliphatic heterocycles. The second kappa shape index (κ2) is 14.8. The summed E-state index contributed by atoms with van der Waals surface area (Å²) in [5.41, 5.74) is 2.09. The van der Waals surface area contributed by atoms with Crippen molar-refractivity contribution in [2.24, 2.45) is 0 Å². The van der Waals surface area contributed by atoms with Crippen LogP contribution in [0.1, 0.15) is 16.7 Å². The average molecular weight is 661 g/mol. The molecule has 0 fully saturated rings. The maximum absolute atomic E-state index is 13.2. The lowest BCUT2D eigenvalue weighted by molar-refractivity contribution is 0.377. The van der Waals surface area contributed by atoms with Crippen molar-refractivity contribution in [2.45, 2.75) is 23.7 Å². The fourth-order valence-corrected chi connectivity index (χ4v) is 6.40. The lowest BCUT2D eigenvalue weighted by Gasteiger charge is -2.25. The number of halogens is 8. The fourth-order valence-electron chi connectivity index (χ4n) is 4.67. The highest BCUT2D eigenvalue weighted by Crippen LogP contribution is 2.26. The Labute approximate surface area is 262 Å². The highest BCUT2D eigenvalue weighted by Gasteiger charge is 2.38. The third-order valence-corrected chi connectivity index (χ3v) is 9.14. The summed E-state index contributed by atoms with van der Waals surface area (Å²) in [7, 11) is -2.11. The Kier molecular flexibility index (Phi) is 11.1. The summed E-state index contributed by atoms with van der Waals surface area (Å²) in [5.74, 6) is -13.0. The molecule has 0 aliphatic rings. The van der Waals surface area contributed by atoms with E-state index in [9.17, 15) is 39.1 Å². The lowest BCUT2D eigenvalue weighted by atomic mass is 9.79. The molecule has 12 heteroatoms. The summed E-state index contributed by atoms with van der Waals surface area (Å²) in [4.78, 5) is 3.29. The van der Waals surface area contributed by atoms with E-state index in [1.165, 1.54) is 16.8 Å². The van der Waals surface area contributed by atoms with E-state index >= 15 is 0 Å². The van der Waals surface area contributed by atoms with E-state index in [0.29, 0.717) is 5.75 Å². The third kappa shape index (κ3) is 8.63. The highest BCUT2D eigenvalue weighted by atomic mass is 32.2. The predicted octanol–water partition coefficient (Wildman–Crippen LogP) is 9.02. The molecule has 2 nitrogen and oxygen atoms in total. The van der Waals surface area contributed by atoms with Gasteiger partial charge < -0.3 is 17.8 Å². The van der Waals surface area contributed by atoms with Crippen LogP contribution >= 0.6 is 0 Å². The summed E-state index contributed by atoms with van der Waals surface area (Å²) < 4.78 is 111. The van der Waals surface area contributed by atoms with Crippen LogP contribution in [0.5, 0.6) is 0 Å². The number of nitrogens with zero attached hydrogens (tertiary/aromatic N) is 1. The summed E-state index contributed by atoms with van der Waals surface area (Å²) >= 11 is 0. The standard InChI is InChI=1S/C28H28NOS.C6BF8/c1-31(30,28-15-9-4-10-16-28)23-26-17-19-27(20-18-26)29(21-24-11-5-2-6-12-24)22-25-13-7-3-8-14-25;8-2-1(7(13,14)15)3(9)5(11)6(12)4(2)10/h2-20H,21-23H2,1H3;/q+1;-1. The van der Waals surface area contributed by atoms with E-state index in [-0.39, 0.29) is 0 Å². The number of hydrogen-bond acceptors (Lipinski definition) is 2. The van der Waals surface area contributed by atoms with Gasteiger partial charge in [-0.05, 0) is 40.9 Å². The van der Waals surface area contributed by atoms with Crippen LogP contribution in [0.2, 0.25) is 0 Å². The molecule has 0 aromatic heterocycles. The number of anilines is 1. The van der Waals surface area contributed by atoms with Gasteiger partial charge in [-0.1, -0.05) is 95.2 Å². The molecule has 1 atom stereocenters. The van der Waals surface area contributed by atoms with Crippen molar-refractivity contribution in [1.82, 2.24) is 0 Å². The Bertz CT molecular complexity index is 1720. The SMILES string of the molecule is C[S+](=O)(Cc1ccc(N(Cc2ccccc2)Cc2ccccc2)cc1)c1ccccc1.Fc1c(F)c(F)c([B-](F)(F)F)c(F)c1F. The summed E-state index contributed by atoms with van der Waals surface area (Å²) in [6.45, 7) is -4.63. The average Bonchev–Trinajstić information content (AvgIpc) is 3.04. The number of benzene rings is 5. The van der Waals surface area contributed by atoms with Gasteiger partial charge >= 0.3 is 6.98 Å². The zero-order chi connectivity index (χ0) is 33.5. The van der Waals surface area contributed by atoms with Crippen LogP contribution < -0.4 is 10.4 Å². The topological polar surface area (TPSA) is 20.3 Å². The van der Waals surface area contributed by atoms with Crippen LogP contribution in [0, 0.1) is 29.1 Å². The first kappa shape index (κ1) is 34.4. The van der Waals surface area contributed by atoms with Crippen LogP contribution in [0.15, 0.2) is 120 Å². The Morgan fingerprint density at radius 2 is 0.935 bits per heavy atom. The maximum Gasteiger partial charge on any atom is 0.515 e. The number of rotatable bonds is 9. The van der Waals surface area contributed by atoms with Gasteiger partial charge in [-0.3, -0.25) is 0 Å². The molecule has 0 bridgehead atoms. The summed E-state index contributed by atoms with van der Waals surface area (Å²) in [6, 6.07) is 39.4. The van der Waals surface area contributed by atoms with E-state index in [2.05, 4.69) is 89.8 Å². The van der Waals surface area contributed by atoms with Crippen molar-refractivity contribution in [1.29, 1.82) is 0 Å². The summed E-state index contributed by atoms with van der Waals surface area (Å²) in [6.07, 6.45) is 1.85. The molecule has 0 spiro atoms. The Hall–Kier alpha value is -4.45. The zero-order valence-corrected chi connectivity index (χ0v) is 25.3. The second-order valence-electron chi connectivity index (χ2n) is 10.5. The van der Waals surface area contributed by atoms with Crippen LogP contribution in [0.25, 0.3) is 0 Å². The van der Waals surface area contributed by atoms with Crippen molar-refractivity contribution in [2.75, 3.05) is 11.2 Å². The minimum absolute atomic E-state index is 0.550. The molecule has 0 N–H and O–H groups in total. The molecular weight excluding hydrogens is 633 g/mol. The molecule has 240 valence electrons. The zero-order valence-electron chi connectivity index (χ0n) is 24.5. The molecule has 5 rings (SSSR count). The maximum atomic E-state index is 13.2. The van der Waals surface area contributed by atoms with E-state index in [0.717, 1.165) is 23.5 Å². The first-order valence-electron chi connectivity index (χ1n) is 13.9. The van der Waals surface area contributed by atoms with Crippen LogP contribution in [-0.4, -0.2) is 13.2 Å². The Balaban J connectivity index is 0.000000270. The van der Waals surface area contributed by atoms with Gasteiger partial charge in [-0.25, -0.2) is 22.0 Å². The van der Waals surface area contributed by atoms with Gasteiger partial charge in [0.25, 0.3) is 0 Å². The molecule has 0 saturated carbocycles. The van der Waals surface area contributed by atoms with E-state index in [1.54, 1.807) is 0 Å². The van der Waals surface area contributed by atoms with Crippen molar-refractivity contribution in [3.8, 4) is 0 Å². The molecule has 0 saturated heterocycles. The van der Waals surface area contributed by atoms with Crippen molar-refractivity contribution in [3.05, 3.63) is 161 Å². The van der Waals surface area contributed by atoms with Crippen molar-refractivity contribution >= 4 is 28.1 Å². The predicted molar refractivity (Wildman–Crippen MR) is 167 cm³/mol. The quantitative estimate of drug-likeness (QED) is 0.0517. The summed E-state index contributed by atoms with van der Waals surface area (Å²) in [5, 5.41) is 0. The minimum Gasteiger partial charge on any atom is -0.445 e. The molecule has 0 aliphatic carbocycles. The van der Waals surface area contributed by atoms with Gasteiger partial charge in [0.2, 0.25) is 0 Å². The molecule has 5 aromatic rings. The fraction of sp³-hybridized carbons (Fsp3) is 0.118. The monoisotopic (exact) mass is 661 g/mol. The Morgan fingerprint density at radius 1 is 0.543 bits per heavy atom. The largest absolute Gasteiger partial charge is 0.515 e. The van der Waals surface area contributed by atoms with Gasteiger partial charge in [0.15, 0.2) is 22.3 Å². The van der Waals surface area contributed by atoms with Gasteiger partial charge in [0, 0.05) is 24.3 Å². The van der Waals surface area contributed by atoms with E-state index < -0.39 is 51.5 Å². The third-order valence-electron chi connectivity index (χ3n) is 6.99. The molecule has 5 aromatic carbocycles. The van der Waals surface area contributed by atoms with Gasteiger partial charge in [-0.2, -0.15) is 0 Å².